The summed E-state index contributed by atoms with van der Waals surface area (Å²) in [6.45, 7) is 3.58. The molecule has 96 valence electrons. The van der Waals surface area contributed by atoms with E-state index in [9.17, 15) is 4.39 Å². The average Bonchev–Trinajstić information content (AvgIpc) is 2.74. The third-order valence-corrected chi connectivity index (χ3v) is 2.95. The van der Waals surface area contributed by atoms with E-state index in [-0.39, 0.29) is 17.9 Å². The fourth-order valence-corrected chi connectivity index (χ4v) is 1.82. The monoisotopic (exact) mass is 314 g/mol. The van der Waals surface area contributed by atoms with Crippen molar-refractivity contribution >= 4 is 27.6 Å². The van der Waals surface area contributed by atoms with E-state index in [4.69, 9.17) is 10.2 Å². The molecule has 0 amide bonds. The lowest BCUT2D eigenvalue weighted by Gasteiger charge is -2.06. The quantitative estimate of drug-likeness (QED) is 0.910. The van der Waals surface area contributed by atoms with Gasteiger partial charge in [-0.15, -0.1) is 5.10 Å². The number of hydrogen-bond acceptors (Lipinski definition) is 5. The van der Waals surface area contributed by atoms with E-state index in [1.807, 2.05) is 6.92 Å². The number of aromatic nitrogens is 2. The van der Waals surface area contributed by atoms with Gasteiger partial charge in [-0.05, 0) is 47.5 Å². The molecule has 0 radical (unpaired) electrons. The standard InChI is InChI=1S/C11H12BrFN4O/c1-5-3-7(12)8(13)4-9(5)15-11-17-16-10(18-11)6(2)14/h3-4,6H,14H2,1-2H3,(H,15,17). The normalized spacial score (nSPS) is 12.5. The molecule has 0 bridgehead atoms. The predicted octanol–water partition coefficient (Wildman–Crippen LogP) is 3.04. The number of nitrogens with zero attached hydrogens (tertiary/aromatic N) is 2. The number of anilines is 2. The number of aryl methyl sites for hydroxylation is 1. The first kappa shape index (κ1) is 13.0. The molecule has 1 aromatic heterocycles. The Morgan fingerprint density at radius 2 is 2.17 bits per heavy atom. The highest BCUT2D eigenvalue weighted by Gasteiger charge is 2.12. The van der Waals surface area contributed by atoms with Crippen molar-refractivity contribution in [1.82, 2.24) is 10.2 Å². The zero-order chi connectivity index (χ0) is 13.3. The van der Waals surface area contributed by atoms with Crippen molar-refractivity contribution in [3.63, 3.8) is 0 Å². The van der Waals surface area contributed by atoms with E-state index >= 15 is 0 Å². The van der Waals surface area contributed by atoms with E-state index in [0.29, 0.717) is 16.1 Å². The van der Waals surface area contributed by atoms with Gasteiger partial charge in [0.25, 0.3) is 0 Å². The van der Waals surface area contributed by atoms with Gasteiger partial charge >= 0.3 is 6.01 Å². The second-order valence-electron chi connectivity index (χ2n) is 3.94. The van der Waals surface area contributed by atoms with Crippen LogP contribution in [0.2, 0.25) is 0 Å². The summed E-state index contributed by atoms with van der Waals surface area (Å²) in [6.07, 6.45) is 0. The molecule has 3 N–H and O–H groups in total. The van der Waals surface area contributed by atoms with Gasteiger partial charge in [-0.1, -0.05) is 5.10 Å². The van der Waals surface area contributed by atoms with Crippen LogP contribution in [0.25, 0.3) is 0 Å². The predicted molar refractivity (Wildman–Crippen MR) is 69.0 cm³/mol. The molecule has 0 aliphatic carbocycles. The summed E-state index contributed by atoms with van der Waals surface area (Å²) in [5.41, 5.74) is 7.02. The van der Waals surface area contributed by atoms with Gasteiger partial charge in [0.1, 0.15) is 5.82 Å². The number of benzene rings is 1. The minimum absolute atomic E-state index is 0.187. The summed E-state index contributed by atoms with van der Waals surface area (Å²) in [6, 6.07) is 2.87. The summed E-state index contributed by atoms with van der Waals surface area (Å²) in [7, 11) is 0. The molecule has 18 heavy (non-hydrogen) atoms. The first-order valence-corrected chi connectivity index (χ1v) is 6.08. The minimum atomic E-state index is -0.366. The molecule has 0 saturated heterocycles. The molecule has 2 aromatic rings. The summed E-state index contributed by atoms with van der Waals surface area (Å²) < 4.78 is 19.1. The van der Waals surface area contributed by atoms with Crippen LogP contribution in [0, 0.1) is 12.7 Å². The Kier molecular flexibility index (Phi) is 3.63. The largest absolute Gasteiger partial charge is 0.406 e. The third kappa shape index (κ3) is 2.68. The van der Waals surface area contributed by atoms with Crippen molar-refractivity contribution < 1.29 is 8.81 Å². The van der Waals surface area contributed by atoms with Crippen molar-refractivity contribution in [2.75, 3.05) is 5.32 Å². The highest BCUT2D eigenvalue weighted by Crippen LogP contribution is 2.26. The molecule has 0 aliphatic rings. The average molecular weight is 315 g/mol. The van der Waals surface area contributed by atoms with Crippen LogP contribution in [0.1, 0.15) is 24.4 Å². The summed E-state index contributed by atoms with van der Waals surface area (Å²) in [4.78, 5) is 0. The van der Waals surface area contributed by atoms with Gasteiger partial charge in [0, 0.05) is 5.69 Å². The van der Waals surface area contributed by atoms with Crippen LogP contribution in [-0.4, -0.2) is 10.2 Å². The second kappa shape index (κ2) is 5.03. The molecule has 1 aromatic carbocycles. The van der Waals surface area contributed by atoms with Crippen LogP contribution in [0.3, 0.4) is 0 Å². The molecular formula is C11H12BrFN4O. The van der Waals surface area contributed by atoms with Crippen LogP contribution in [0.5, 0.6) is 0 Å². The van der Waals surface area contributed by atoms with E-state index in [1.165, 1.54) is 6.07 Å². The summed E-state index contributed by atoms with van der Waals surface area (Å²) in [5.74, 6) is -0.0391. The molecule has 0 fully saturated rings. The highest BCUT2D eigenvalue weighted by molar-refractivity contribution is 9.10. The van der Waals surface area contributed by atoms with E-state index in [1.54, 1.807) is 13.0 Å². The Morgan fingerprint density at radius 1 is 1.44 bits per heavy atom. The van der Waals surface area contributed by atoms with Crippen molar-refractivity contribution in [2.24, 2.45) is 5.73 Å². The van der Waals surface area contributed by atoms with Crippen LogP contribution < -0.4 is 11.1 Å². The minimum Gasteiger partial charge on any atom is -0.406 e. The number of rotatable bonds is 3. The number of hydrogen-bond donors (Lipinski definition) is 2. The molecule has 1 atom stereocenters. The topological polar surface area (TPSA) is 77.0 Å². The Morgan fingerprint density at radius 3 is 2.78 bits per heavy atom. The number of halogens is 2. The van der Waals surface area contributed by atoms with Gasteiger partial charge in [0.2, 0.25) is 5.89 Å². The smallest absolute Gasteiger partial charge is 0.320 e. The molecule has 5 nitrogen and oxygen atoms in total. The van der Waals surface area contributed by atoms with Crippen LogP contribution in [0.4, 0.5) is 16.1 Å². The first-order valence-electron chi connectivity index (χ1n) is 5.29. The molecule has 0 saturated carbocycles. The van der Waals surface area contributed by atoms with Gasteiger partial charge < -0.3 is 15.5 Å². The fourth-order valence-electron chi connectivity index (χ4n) is 1.37. The molecule has 2 rings (SSSR count). The molecule has 0 spiro atoms. The SMILES string of the molecule is Cc1cc(Br)c(F)cc1Nc1nnc(C(C)N)o1. The molecule has 1 unspecified atom stereocenters. The fraction of sp³-hybridized carbons (Fsp3) is 0.273. The van der Waals surface area contributed by atoms with Gasteiger partial charge in [-0.25, -0.2) is 4.39 Å². The van der Waals surface area contributed by atoms with Crippen LogP contribution >= 0.6 is 15.9 Å². The van der Waals surface area contributed by atoms with E-state index in [0.717, 1.165) is 5.56 Å². The maximum absolute atomic E-state index is 13.4. The second-order valence-corrected chi connectivity index (χ2v) is 4.79. The lowest BCUT2D eigenvalue weighted by molar-refractivity contribution is 0.475. The Bertz CT molecular complexity index is 570. The molecule has 1 heterocycles. The van der Waals surface area contributed by atoms with Crippen molar-refractivity contribution in [3.8, 4) is 0 Å². The maximum atomic E-state index is 13.4. The highest BCUT2D eigenvalue weighted by atomic mass is 79.9. The van der Waals surface area contributed by atoms with Gasteiger partial charge in [0.05, 0.1) is 10.5 Å². The summed E-state index contributed by atoms with van der Waals surface area (Å²) >= 11 is 3.12. The summed E-state index contributed by atoms with van der Waals surface area (Å²) in [5, 5.41) is 10.4. The van der Waals surface area contributed by atoms with E-state index < -0.39 is 0 Å². The van der Waals surface area contributed by atoms with E-state index in [2.05, 4.69) is 31.4 Å². The zero-order valence-corrected chi connectivity index (χ0v) is 11.5. The Balaban J connectivity index is 2.25. The van der Waals surface area contributed by atoms with Crippen molar-refractivity contribution in [3.05, 3.63) is 33.9 Å². The Labute approximate surface area is 112 Å². The van der Waals surface area contributed by atoms with Crippen LogP contribution in [0.15, 0.2) is 21.0 Å². The van der Waals surface area contributed by atoms with Gasteiger partial charge in [-0.2, -0.15) is 0 Å². The van der Waals surface area contributed by atoms with Gasteiger partial charge in [0.15, 0.2) is 0 Å². The first-order chi connectivity index (χ1) is 8.47. The zero-order valence-electron chi connectivity index (χ0n) is 9.87. The lowest BCUT2D eigenvalue weighted by Crippen LogP contribution is -2.04. The number of nitrogens with one attached hydrogen (secondary N) is 1. The number of nitrogens with two attached hydrogens (primary N) is 1. The molecule has 7 heteroatoms. The lowest BCUT2D eigenvalue weighted by atomic mass is 10.2. The van der Waals surface area contributed by atoms with Crippen molar-refractivity contribution in [2.45, 2.75) is 19.9 Å². The molecule has 0 aliphatic heterocycles. The molecular weight excluding hydrogens is 303 g/mol. The van der Waals surface area contributed by atoms with Gasteiger partial charge in [-0.3, -0.25) is 0 Å². The maximum Gasteiger partial charge on any atom is 0.320 e. The Hall–Kier alpha value is -1.47. The van der Waals surface area contributed by atoms with Crippen LogP contribution in [-0.2, 0) is 0 Å². The third-order valence-electron chi connectivity index (χ3n) is 2.34. The van der Waals surface area contributed by atoms with Crippen molar-refractivity contribution in [1.29, 1.82) is 0 Å².